The molecule has 0 atom stereocenters. The maximum Gasteiger partial charge on any atom is 0.274 e. The van der Waals surface area contributed by atoms with E-state index < -0.39 is 0 Å². The van der Waals surface area contributed by atoms with Crippen LogP contribution in [0.25, 0.3) is 0 Å². The van der Waals surface area contributed by atoms with Crippen LogP contribution in [0.1, 0.15) is 10.5 Å². The second-order valence-electron chi connectivity index (χ2n) is 3.00. The van der Waals surface area contributed by atoms with Crippen LogP contribution in [0, 0.1) is 0 Å². The van der Waals surface area contributed by atoms with Crippen molar-refractivity contribution in [3.63, 3.8) is 0 Å². The van der Waals surface area contributed by atoms with E-state index in [-0.39, 0.29) is 17.5 Å². The van der Waals surface area contributed by atoms with Crippen LogP contribution in [-0.2, 0) is 0 Å². The fourth-order valence-corrected chi connectivity index (χ4v) is 1.13. The topological polar surface area (TPSA) is 93.8 Å². The molecule has 0 aliphatic heterocycles. The number of rotatable bonds is 2. The van der Waals surface area contributed by atoms with Crippen LogP contribution >= 0.6 is 0 Å². The third-order valence-electron chi connectivity index (χ3n) is 1.83. The molecule has 2 aromatic rings. The molecule has 2 rings (SSSR count). The molecular formula is C10H9N5O. The van der Waals surface area contributed by atoms with Gasteiger partial charge in [-0.15, -0.1) is 0 Å². The van der Waals surface area contributed by atoms with Gasteiger partial charge < -0.3 is 11.1 Å². The van der Waals surface area contributed by atoms with Gasteiger partial charge in [-0.3, -0.25) is 9.78 Å². The highest BCUT2D eigenvalue weighted by Gasteiger charge is 2.07. The summed E-state index contributed by atoms with van der Waals surface area (Å²) in [5.41, 5.74) is 6.20. The van der Waals surface area contributed by atoms with E-state index in [0.29, 0.717) is 5.69 Å². The minimum absolute atomic E-state index is 0.0684. The number of pyridine rings is 1. The summed E-state index contributed by atoms with van der Waals surface area (Å²) in [6.07, 6.45) is 4.60. The molecule has 16 heavy (non-hydrogen) atoms. The van der Waals surface area contributed by atoms with Crippen molar-refractivity contribution in [2.45, 2.75) is 0 Å². The minimum Gasteiger partial charge on any atom is -0.368 e. The van der Waals surface area contributed by atoms with Gasteiger partial charge in [-0.25, -0.2) is 9.97 Å². The highest BCUT2D eigenvalue weighted by Crippen LogP contribution is 2.05. The SMILES string of the molecule is Nc1nccc(C(=O)Nc2cccnc2)n1. The van der Waals surface area contributed by atoms with Gasteiger partial charge in [0.25, 0.3) is 5.91 Å². The maximum absolute atomic E-state index is 11.7. The lowest BCUT2D eigenvalue weighted by atomic mass is 10.3. The van der Waals surface area contributed by atoms with E-state index in [1.54, 1.807) is 24.5 Å². The average molecular weight is 215 g/mol. The van der Waals surface area contributed by atoms with Crippen molar-refractivity contribution in [3.8, 4) is 0 Å². The van der Waals surface area contributed by atoms with Crippen LogP contribution in [0.2, 0.25) is 0 Å². The van der Waals surface area contributed by atoms with Gasteiger partial charge in [0.05, 0.1) is 11.9 Å². The number of hydrogen-bond donors (Lipinski definition) is 2. The number of hydrogen-bond acceptors (Lipinski definition) is 5. The Morgan fingerprint density at radius 3 is 2.88 bits per heavy atom. The van der Waals surface area contributed by atoms with Crippen LogP contribution < -0.4 is 11.1 Å². The summed E-state index contributed by atoms with van der Waals surface area (Å²) < 4.78 is 0. The van der Waals surface area contributed by atoms with E-state index in [1.165, 1.54) is 12.3 Å². The molecule has 0 saturated heterocycles. The lowest BCUT2D eigenvalue weighted by molar-refractivity contribution is 0.102. The molecule has 80 valence electrons. The van der Waals surface area contributed by atoms with E-state index in [9.17, 15) is 4.79 Å². The maximum atomic E-state index is 11.7. The van der Waals surface area contributed by atoms with E-state index in [1.807, 2.05) is 0 Å². The number of anilines is 2. The number of nitrogens with zero attached hydrogens (tertiary/aromatic N) is 3. The summed E-state index contributed by atoms with van der Waals surface area (Å²) in [6.45, 7) is 0. The van der Waals surface area contributed by atoms with E-state index in [0.717, 1.165) is 0 Å². The van der Waals surface area contributed by atoms with E-state index >= 15 is 0 Å². The monoisotopic (exact) mass is 215 g/mol. The number of amides is 1. The Labute approximate surface area is 91.6 Å². The summed E-state index contributed by atoms with van der Waals surface area (Å²) in [6, 6.07) is 4.95. The molecule has 6 nitrogen and oxygen atoms in total. The normalized spacial score (nSPS) is 9.75. The molecule has 0 aliphatic rings. The Kier molecular flexibility index (Phi) is 2.73. The Balaban J connectivity index is 2.15. The summed E-state index contributed by atoms with van der Waals surface area (Å²) >= 11 is 0. The first-order valence-electron chi connectivity index (χ1n) is 4.55. The number of aromatic nitrogens is 3. The molecule has 2 heterocycles. The molecule has 0 unspecified atom stereocenters. The van der Waals surface area contributed by atoms with Crippen LogP contribution in [0.4, 0.5) is 11.6 Å². The molecule has 0 aliphatic carbocycles. The van der Waals surface area contributed by atoms with Gasteiger partial charge in [-0.05, 0) is 18.2 Å². The molecule has 0 bridgehead atoms. The van der Waals surface area contributed by atoms with Crippen molar-refractivity contribution in [2.24, 2.45) is 0 Å². The van der Waals surface area contributed by atoms with Gasteiger partial charge in [0.2, 0.25) is 5.95 Å². The number of carbonyl (C=O) groups excluding carboxylic acids is 1. The van der Waals surface area contributed by atoms with E-state index in [4.69, 9.17) is 5.73 Å². The second-order valence-corrected chi connectivity index (χ2v) is 3.00. The van der Waals surface area contributed by atoms with Crippen molar-refractivity contribution >= 4 is 17.5 Å². The Bertz CT molecular complexity index is 500. The van der Waals surface area contributed by atoms with Crippen LogP contribution in [0.15, 0.2) is 36.8 Å². The van der Waals surface area contributed by atoms with Crippen molar-refractivity contribution in [2.75, 3.05) is 11.1 Å². The predicted octanol–water partition coefficient (Wildman–Crippen LogP) is 0.706. The minimum atomic E-state index is -0.345. The third-order valence-corrected chi connectivity index (χ3v) is 1.83. The first-order valence-corrected chi connectivity index (χ1v) is 4.55. The van der Waals surface area contributed by atoms with Crippen LogP contribution in [0.3, 0.4) is 0 Å². The van der Waals surface area contributed by atoms with Gasteiger partial charge in [0, 0.05) is 12.4 Å². The number of nitrogen functional groups attached to an aromatic ring is 1. The fraction of sp³-hybridized carbons (Fsp3) is 0. The van der Waals surface area contributed by atoms with Gasteiger partial charge in [-0.2, -0.15) is 0 Å². The zero-order valence-corrected chi connectivity index (χ0v) is 8.29. The lowest BCUT2D eigenvalue weighted by Gasteiger charge is -2.03. The molecule has 3 N–H and O–H groups in total. The molecule has 0 spiro atoms. The van der Waals surface area contributed by atoms with Crippen molar-refractivity contribution < 1.29 is 4.79 Å². The zero-order chi connectivity index (χ0) is 11.4. The molecule has 2 aromatic heterocycles. The summed E-state index contributed by atoms with van der Waals surface area (Å²) in [5, 5.41) is 2.64. The van der Waals surface area contributed by atoms with Crippen LogP contribution in [0.5, 0.6) is 0 Å². The number of carbonyl (C=O) groups is 1. The Morgan fingerprint density at radius 1 is 1.31 bits per heavy atom. The summed E-state index contributed by atoms with van der Waals surface area (Å²) in [7, 11) is 0. The number of nitrogens with two attached hydrogens (primary N) is 1. The second kappa shape index (κ2) is 4.35. The number of nitrogens with one attached hydrogen (secondary N) is 1. The van der Waals surface area contributed by atoms with Crippen molar-refractivity contribution in [1.29, 1.82) is 0 Å². The molecule has 6 heteroatoms. The third kappa shape index (κ3) is 2.30. The van der Waals surface area contributed by atoms with Crippen molar-refractivity contribution in [1.82, 2.24) is 15.0 Å². The smallest absolute Gasteiger partial charge is 0.274 e. The molecule has 0 radical (unpaired) electrons. The van der Waals surface area contributed by atoms with Gasteiger partial charge >= 0.3 is 0 Å². The average Bonchev–Trinajstić information content (AvgIpc) is 2.30. The summed E-state index contributed by atoms with van der Waals surface area (Å²) in [5.74, 6) is -0.277. The zero-order valence-electron chi connectivity index (χ0n) is 8.29. The van der Waals surface area contributed by atoms with Gasteiger partial charge in [-0.1, -0.05) is 0 Å². The van der Waals surface area contributed by atoms with Crippen LogP contribution in [-0.4, -0.2) is 20.9 Å². The highest BCUT2D eigenvalue weighted by atomic mass is 16.1. The van der Waals surface area contributed by atoms with E-state index in [2.05, 4.69) is 20.3 Å². The molecule has 0 fully saturated rings. The first kappa shape index (κ1) is 10.0. The quantitative estimate of drug-likeness (QED) is 0.769. The first-order chi connectivity index (χ1) is 7.75. The fourth-order valence-electron chi connectivity index (χ4n) is 1.13. The van der Waals surface area contributed by atoms with Gasteiger partial charge in [0.15, 0.2) is 0 Å². The van der Waals surface area contributed by atoms with Crippen molar-refractivity contribution in [3.05, 3.63) is 42.5 Å². The largest absolute Gasteiger partial charge is 0.368 e. The Hall–Kier alpha value is -2.50. The molecule has 0 saturated carbocycles. The highest BCUT2D eigenvalue weighted by molar-refractivity contribution is 6.02. The van der Waals surface area contributed by atoms with Gasteiger partial charge in [0.1, 0.15) is 5.69 Å². The predicted molar refractivity (Wildman–Crippen MR) is 58.6 cm³/mol. The molecule has 1 amide bonds. The molecular weight excluding hydrogens is 206 g/mol. The Morgan fingerprint density at radius 2 is 2.19 bits per heavy atom. The lowest BCUT2D eigenvalue weighted by Crippen LogP contribution is -2.14. The standard InChI is InChI=1S/C10H9N5O/c11-10-13-5-3-8(15-10)9(16)14-7-2-1-4-12-6-7/h1-6H,(H,14,16)(H2,11,13,15). The summed E-state index contributed by atoms with van der Waals surface area (Å²) in [4.78, 5) is 23.1. The molecule has 0 aromatic carbocycles.